The standard InChI is InChI=1S/C10H14BrNOS/c1-7(9-2-3-10(11)14-9)12-8-4-5-13-6-8/h2-3,7-8,12H,4-6H2,1H3/t7-,8?/m1/s1. The molecule has 0 aliphatic carbocycles. The molecule has 1 saturated heterocycles. The summed E-state index contributed by atoms with van der Waals surface area (Å²) in [5.74, 6) is 0. The highest BCUT2D eigenvalue weighted by Gasteiger charge is 2.18. The molecule has 0 radical (unpaired) electrons. The Bertz CT molecular complexity index is 296. The molecule has 0 saturated carbocycles. The largest absolute Gasteiger partial charge is 0.380 e. The van der Waals surface area contributed by atoms with E-state index in [9.17, 15) is 0 Å². The van der Waals surface area contributed by atoms with Gasteiger partial charge in [0, 0.05) is 23.6 Å². The molecule has 78 valence electrons. The van der Waals surface area contributed by atoms with Crippen LogP contribution in [-0.2, 0) is 4.74 Å². The molecule has 2 atom stereocenters. The Morgan fingerprint density at radius 3 is 3.07 bits per heavy atom. The lowest BCUT2D eigenvalue weighted by Gasteiger charge is -2.16. The van der Waals surface area contributed by atoms with Crippen molar-refractivity contribution in [3.05, 3.63) is 20.8 Å². The second kappa shape index (κ2) is 4.75. The van der Waals surface area contributed by atoms with E-state index in [-0.39, 0.29) is 0 Å². The van der Waals surface area contributed by atoms with Crippen LogP contribution < -0.4 is 5.32 Å². The van der Waals surface area contributed by atoms with E-state index in [4.69, 9.17) is 4.74 Å². The molecule has 0 amide bonds. The molecule has 0 spiro atoms. The van der Waals surface area contributed by atoms with E-state index in [2.05, 4.69) is 40.3 Å². The first-order chi connectivity index (χ1) is 6.75. The van der Waals surface area contributed by atoms with Gasteiger partial charge in [0.2, 0.25) is 0 Å². The predicted molar refractivity (Wildman–Crippen MR) is 62.8 cm³/mol. The Hall–Kier alpha value is 0.1000. The van der Waals surface area contributed by atoms with E-state index in [0.717, 1.165) is 19.6 Å². The van der Waals surface area contributed by atoms with Crippen molar-refractivity contribution in [1.82, 2.24) is 5.32 Å². The summed E-state index contributed by atoms with van der Waals surface area (Å²) in [6.07, 6.45) is 1.14. The topological polar surface area (TPSA) is 21.3 Å². The van der Waals surface area contributed by atoms with Crippen molar-refractivity contribution >= 4 is 27.3 Å². The molecule has 0 aromatic carbocycles. The van der Waals surface area contributed by atoms with Crippen LogP contribution in [-0.4, -0.2) is 19.3 Å². The molecule has 1 aromatic rings. The Morgan fingerprint density at radius 2 is 2.50 bits per heavy atom. The summed E-state index contributed by atoms with van der Waals surface area (Å²) in [4.78, 5) is 1.38. The summed E-state index contributed by atoms with van der Waals surface area (Å²) in [5, 5.41) is 3.57. The molecule has 4 heteroatoms. The SMILES string of the molecule is C[C@@H](NC1CCOC1)c1ccc(Br)s1. The van der Waals surface area contributed by atoms with Crippen LogP contribution in [0.4, 0.5) is 0 Å². The van der Waals surface area contributed by atoms with Gasteiger partial charge in [-0.2, -0.15) is 0 Å². The smallest absolute Gasteiger partial charge is 0.0701 e. The minimum Gasteiger partial charge on any atom is -0.380 e. The van der Waals surface area contributed by atoms with Gasteiger partial charge in [-0.3, -0.25) is 0 Å². The molecule has 1 aliphatic heterocycles. The third-order valence-corrected chi connectivity index (χ3v) is 4.24. The lowest BCUT2D eigenvalue weighted by molar-refractivity contribution is 0.188. The maximum atomic E-state index is 5.33. The zero-order valence-electron chi connectivity index (χ0n) is 8.13. The first-order valence-electron chi connectivity index (χ1n) is 4.85. The van der Waals surface area contributed by atoms with Gasteiger partial charge in [0.1, 0.15) is 0 Å². The van der Waals surface area contributed by atoms with Gasteiger partial charge in [0.15, 0.2) is 0 Å². The summed E-state index contributed by atoms with van der Waals surface area (Å²) >= 11 is 5.27. The van der Waals surface area contributed by atoms with Gasteiger partial charge in [-0.1, -0.05) is 0 Å². The summed E-state index contributed by atoms with van der Waals surface area (Å²) < 4.78 is 6.53. The van der Waals surface area contributed by atoms with Crippen LogP contribution in [0.15, 0.2) is 15.9 Å². The first-order valence-corrected chi connectivity index (χ1v) is 6.45. The zero-order valence-corrected chi connectivity index (χ0v) is 10.5. The van der Waals surface area contributed by atoms with E-state index in [1.54, 1.807) is 11.3 Å². The third-order valence-electron chi connectivity index (χ3n) is 2.44. The molecule has 1 N–H and O–H groups in total. The maximum absolute atomic E-state index is 5.33. The van der Waals surface area contributed by atoms with Gasteiger partial charge >= 0.3 is 0 Å². The van der Waals surface area contributed by atoms with E-state index < -0.39 is 0 Å². The normalized spacial score (nSPS) is 24.0. The lowest BCUT2D eigenvalue weighted by atomic mass is 10.2. The van der Waals surface area contributed by atoms with Gasteiger partial charge in [-0.05, 0) is 41.4 Å². The third kappa shape index (κ3) is 2.57. The van der Waals surface area contributed by atoms with E-state index >= 15 is 0 Å². The van der Waals surface area contributed by atoms with Crippen LogP contribution in [0, 0.1) is 0 Å². The Morgan fingerprint density at radius 1 is 1.64 bits per heavy atom. The van der Waals surface area contributed by atoms with Crippen molar-refractivity contribution in [3.8, 4) is 0 Å². The minimum atomic E-state index is 0.429. The van der Waals surface area contributed by atoms with Crippen molar-refractivity contribution in [2.24, 2.45) is 0 Å². The molecule has 2 heterocycles. The number of hydrogen-bond donors (Lipinski definition) is 1. The van der Waals surface area contributed by atoms with Gasteiger partial charge in [0.05, 0.1) is 10.4 Å². The van der Waals surface area contributed by atoms with Gasteiger partial charge < -0.3 is 10.1 Å². The van der Waals surface area contributed by atoms with Gasteiger partial charge in [-0.25, -0.2) is 0 Å². The number of halogens is 1. The van der Waals surface area contributed by atoms with Crippen molar-refractivity contribution in [3.63, 3.8) is 0 Å². The first kappa shape index (κ1) is 10.6. The Labute approximate surface area is 96.8 Å². The number of thiophene rings is 1. The number of hydrogen-bond acceptors (Lipinski definition) is 3. The molecule has 1 aromatic heterocycles. The fourth-order valence-corrected chi connectivity index (χ4v) is 3.10. The Kier molecular flexibility index (Phi) is 3.60. The van der Waals surface area contributed by atoms with Crippen molar-refractivity contribution in [2.75, 3.05) is 13.2 Å². The van der Waals surface area contributed by atoms with Crippen LogP contribution in [0.2, 0.25) is 0 Å². The van der Waals surface area contributed by atoms with Crippen LogP contribution in [0.3, 0.4) is 0 Å². The number of ether oxygens (including phenoxy) is 1. The lowest BCUT2D eigenvalue weighted by Crippen LogP contribution is -2.31. The maximum Gasteiger partial charge on any atom is 0.0701 e. The highest BCUT2D eigenvalue weighted by molar-refractivity contribution is 9.11. The average Bonchev–Trinajstić information content (AvgIpc) is 2.75. The highest BCUT2D eigenvalue weighted by Crippen LogP contribution is 2.27. The summed E-state index contributed by atoms with van der Waals surface area (Å²) in [5.41, 5.74) is 0. The summed E-state index contributed by atoms with van der Waals surface area (Å²) in [6.45, 7) is 3.96. The Balaban J connectivity index is 1.91. The van der Waals surface area contributed by atoms with E-state index in [1.807, 2.05) is 0 Å². The highest BCUT2D eigenvalue weighted by atomic mass is 79.9. The van der Waals surface area contributed by atoms with Crippen LogP contribution in [0.5, 0.6) is 0 Å². The second-order valence-corrected chi connectivity index (χ2v) is 6.09. The average molecular weight is 276 g/mol. The molecular formula is C10H14BrNOS. The molecule has 1 fully saturated rings. The molecule has 2 rings (SSSR count). The van der Waals surface area contributed by atoms with E-state index in [1.165, 1.54) is 8.66 Å². The molecule has 0 bridgehead atoms. The monoisotopic (exact) mass is 275 g/mol. The fraction of sp³-hybridized carbons (Fsp3) is 0.600. The quantitative estimate of drug-likeness (QED) is 0.916. The molecule has 14 heavy (non-hydrogen) atoms. The molecular weight excluding hydrogens is 262 g/mol. The number of nitrogens with one attached hydrogen (secondary N) is 1. The van der Waals surface area contributed by atoms with Crippen molar-refractivity contribution < 1.29 is 4.74 Å². The minimum absolute atomic E-state index is 0.429. The van der Waals surface area contributed by atoms with Crippen LogP contribution in [0.25, 0.3) is 0 Å². The second-order valence-electron chi connectivity index (χ2n) is 3.59. The molecule has 1 unspecified atom stereocenters. The van der Waals surface area contributed by atoms with Crippen LogP contribution >= 0.6 is 27.3 Å². The molecule has 2 nitrogen and oxygen atoms in total. The summed E-state index contributed by atoms with van der Waals surface area (Å²) in [6, 6.07) is 5.23. The molecule has 1 aliphatic rings. The predicted octanol–water partition coefficient (Wildman–Crippen LogP) is 2.95. The fourth-order valence-electron chi connectivity index (χ4n) is 1.66. The number of rotatable bonds is 3. The van der Waals surface area contributed by atoms with E-state index in [0.29, 0.717) is 12.1 Å². The van der Waals surface area contributed by atoms with Gasteiger partial charge in [-0.15, -0.1) is 11.3 Å². The van der Waals surface area contributed by atoms with Gasteiger partial charge in [0.25, 0.3) is 0 Å². The van der Waals surface area contributed by atoms with Crippen molar-refractivity contribution in [1.29, 1.82) is 0 Å². The zero-order chi connectivity index (χ0) is 9.97. The van der Waals surface area contributed by atoms with Crippen LogP contribution in [0.1, 0.15) is 24.3 Å². The van der Waals surface area contributed by atoms with Crippen molar-refractivity contribution in [2.45, 2.75) is 25.4 Å². The summed E-state index contributed by atoms with van der Waals surface area (Å²) in [7, 11) is 0.